The smallest absolute Gasteiger partial charge is 0.297 e. The monoisotopic (exact) mass is 2240 g/mol. The second kappa shape index (κ2) is 46.3. The molecule has 16 rings (SSSR count). The predicted octanol–water partition coefficient (Wildman–Crippen LogP) is 20.9. The van der Waals surface area contributed by atoms with Gasteiger partial charge in [-0.25, -0.2) is 15.8 Å². The van der Waals surface area contributed by atoms with Crippen molar-refractivity contribution in [3.63, 3.8) is 0 Å². The van der Waals surface area contributed by atoms with Crippen LogP contribution in [0.2, 0.25) is 15.9 Å². The van der Waals surface area contributed by atoms with Crippen LogP contribution in [0.15, 0.2) is 299 Å². The molecule has 762 valence electrons. The maximum Gasteiger partial charge on any atom is 0.297 e. The SMILES string of the molecule is CCN(c1ccccc1)c1nc(Cl)nc(Nc2cc(S(=O)(=O)O)cc3cc(SOOO)c(N=Nc4ccc5ccccc5c4S(=O)(=O)O)c(O)c23)n1.CCN(c1ccccc1)c1nc(Cl)nc(Nc2cc(S(=O)(=O)O)cc3cc(SOOO)c(N=Nc4ccccc4S(=O)(=O)O)c(O)c23)n1.Cc1ccccc1Nc1nc(Cl)nc(Nc2cc(S(=O)(=O)O)cc3cc(SOOO)c(N=Nc4ccccc4S(=O)(=O)O)c(O)c23)n1. The molecule has 63 heteroatoms. The molecule has 0 unspecified atom stereocenters. The molecule has 0 fully saturated rings. The van der Waals surface area contributed by atoms with Crippen LogP contribution in [0.1, 0.15) is 19.4 Å². The van der Waals surface area contributed by atoms with E-state index in [1.165, 1.54) is 66.7 Å². The van der Waals surface area contributed by atoms with Gasteiger partial charge in [-0.2, -0.15) is 95.4 Å². The Labute approximate surface area is 856 Å². The van der Waals surface area contributed by atoms with Crippen molar-refractivity contribution in [1.29, 1.82) is 0 Å². The highest BCUT2D eigenvalue weighted by Gasteiger charge is 2.31. The van der Waals surface area contributed by atoms with Crippen molar-refractivity contribution in [2.45, 2.75) is 64.8 Å². The average molecular weight is 2240 g/mol. The van der Waals surface area contributed by atoms with Gasteiger partial charge in [0.15, 0.2) is 17.2 Å². The van der Waals surface area contributed by atoms with Gasteiger partial charge in [-0.3, -0.25) is 27.3 Å². The molecule has 0 amide bonds. The van der Waals surface area contributed by atoms with Crippen molar-refractivity contribution in [2.75, 3.05) is 44.2 Å². The molecule has 16 N–H and O–H groups in total. The van der Waals surface area contributed by atoms with Crippen LogP contribution < -0.4 is 31.1 Å². The minimum atomic E-state index is -4.85. The summed E-state index contributed by atoms with van der Waals surface area (Å²) in [6.45, 7) is 6.38. The lowest BCUT2D eigenvalue weighted by Crippen LogP contribution is -2.19. The van der Waals surface area contributed by atoms with E-state index in [9.17, 15) is 93.1 Å². The summed E-state index contributed by atoms with van der Waals surface area (Å²) in [6, 6.07) is 54.5. The number of nitrogens with one attached hydrogen (secondary N) is 4. The molecule has 0 aliphatic heterocycles. The van der Waals surface area contributed by atoms with Gasteiger partial charge in [0.05, 0.1) is 82.6 Å². The van der Waals surface area contributed by atoms with E-state index in [4.69, 9.17) is 50.6 Å². The molecule has 0 spiro atoms. The summed E-state index contributed by atoms with van der Waals surface area (Å²) in [5.41, 5.74) is 0.390. The average Bonchev–Trinajstić information content (AvgIpc) is 0.764. The van der Waals surface area contributed by atoms with Crippen molar-refractivity contribution >= 4 is 279 Å². The Kier molecular flexibility index (Phi) is 34.3. The number of rotatable bonds is 35. The van der Waals surface area contributed by atoms with Gasteiger partial charge in [-0.05, 0) is 198 Å². The fraction of sp³-hybridized carbons (Fsp3) is 0.0595. The number of anilines is 12. The van der Waals surface area contributed by atoms with Crippen LogP contribution in [-0.4, -0.2) is 167 Å². The maximum atomic E-state index is 12.5. The minimum absolute atomic E-state index is 0.00749. The first kappa shape index (κ1) is 109. The van der Waals surface area contributed by atoms with Crippen molar-refractivity contribution in [3.05, 3.63) is 246 Å². The second-order valence-corrected chi connectivity index (χ2v) is 40.9. The predicted molar refractivity (Wildman–Crippen MR) is 534 cm³/mol. The van der Waals surface area contributed by atoms with Crippen molar-refractivity contribution in [3.8, 4) is 17.2 Å². The number of hydrogen-bond acceptors (Lipinski definition) is 48. The molecular weight excluding hydrogens is 2180 g/mol. The third-order valence-corrected chi connectivity index (χ3v) is 27.7. The van der Waals surface area contributed by atoms with Gasteiger partial charge in [0.25, 0.3) is 60.7 Å². The minimum Gasteiger partial charge on any atom is -0.505 e. The van der Waals surface area contributed by atoms with Crippen molar-refractivity contribution < 1.29 is 137 Å². The zero-order valence-electron chi connectivity index (χ0n) is 73.9. The van der Waals surface area contributed by atoms with E-state index in [2.05, 4.69) is 125 Å². The summed E-state index contributed by atoms with van der Waals surface area (Å²) in [7, 11) is -28.8. The summed E-state index contributed by atoms with van der Waals surface area (Å²) >= 11 is 19.6. The van der Waals surface area contributed by atoms with Crippen LogP contribution in [0.25, 0.3) is 43.1 Å². The Hall–Kier alpha value is -14.1. The third-order valence-electron chi connectivity index (χ3n) is 20.1. The summed E-state index contributed by atoms with van der Waals surface area (Å²) in [5.74, 6) is -2.37. The van der Waals surface area contributed by atoms with Crippen molar-refractivity contribution in [1.82, 2.24) is 44.9 Å². The molecule has 3 heterocycles. The van der Waals surface area contributed by atoms with Gasteiger partial charge in [-0.1, -0.05) is 124 Å². The largest absolute Gasteiger partial charge is 0.505 e. The van der Waals surface area contributed by atoms with Gasteiger partial charge in [0.1, 0.15) is 48.8 Å². The van der Waals surface area contributed by atoms with E-state index in [0.29, 0.717) is 60.3 Å². The number of benzene rings is 13. The normalized spacial score (nSPS) is 12.1. The van der Waals surface area contributed by atoms with Crippen LogP contribution in [0, 0.1) is 6.92 Å². The lowest BCUT2D eigenvalue weighted by Gasteiger charge is -2.21. The number of aromatic hydroxyl groups is 3. The number of halogens is 3. The zero-order chi connectivity index (χ0) is 106. The highest BCUT2D eigenvalue weighted by molar-refractivity contribution is 7.95. The number of aromatic nitrogens is 9. The van der Waals surface area contributed by atoms with E-state index in [0.717, 1.165) is 65.5 Å². The number of phenolic OH excluding ortho intramolecular Hbond substituents is 3. The molecule has 0 aliphatic carbocycles. The van der Waals surface area contributed by atoms with E-state index < -0.39 is 107 Å². The number of phenols is 3. The molecule has 0 atom stereocenters. The first-order valence-electron chi connectivity index (χ1n) is 40.6. The molecule has 0 bridgehead atoms. The molecule has 0 radical (unpaired) electrons. The number of hydrogen-bond donors (Lipinski definition) is 16. The first-order chi connectivity index (χ1) is 69.8. The molecule has 147 heavy (non-hydrogen) atoms. The maximum absolute atomic E-state index is 12.5. The highest BCUT2D eigenvalue weighted by atomic mass is 35.5. The third kappa shape index (κ3) is 26.5. The molecule has 0 saturated carbocycles. The fourth-order valence-electron chi connectivity index (χ4n) is 14.0. The van der Waals surface area contributed by atoms with Crippen LogP contribution in [0.3, 0.4) is 0 Å². The molecule has 51 nitrogen and oxygen atoms in total. The standard InChI is InChI=1S/C31H24ClN7O10S3.C27H22ClN7O10S3.C26H20ClN7O10S3/c1-2-39(19-9-4-3-5-10-19)31-35-29(32)34-30(36-31)33-23-16-20(51(42,43)44)14-18-15-24(50-49-48-41)26(27(40)25(18)23)38-37-22-13-12-17-8-6-7-11-21(17)28(22)52(45,46)47;1-2-35(16-8-4-3-5-9-16)27-31-25(28)30-26(32-27)29-19-14-17(47(38,39)40)12-15-13-20(46-45-44-37)23(24(36)22(15)19)34-33-18-10-6-7-11-21(18)48(41,42)43;1-13-6-2-3-7-16(13)28-25-30-24(27)31-26(32-25)29-18-12-15(46(37,38)39)10-14-11-19(45-44-43-36)22(23(35)21(14)18)34-33-17-8-4-5-9-20(17)47(40,41)42/h3-16,40-41H,2H2,1H3,(H,42,43,44)(H,45,46,47)(H,33,34,35,36);3-14,36-37H,2H2,1H3,(H,38,39,40)(H,41,42,43)(H,29,30,31,32);2-12,35-36H,1H3,(H,37,38,39)(H,40,41,42)(H2,28,29,30,31,32). The van der Waals surface area contributed by atoms with E-state index in [1.54, 1.807) is 46.2 Å². The Bertz CT molecular complexity index is 8660. The molecule has 0 aliphatic rings. The van der Waals surface area contributed by atoms with Crippen LogP contribution in [0.4, 0.5) is 104 Å². The second-order valence-electron chi connectivity index (χ2n) is 29.3. The molecule has 3 aromatic heterocycles. The van der Waals surface area contributed by atoms with Gasteiger partial charge in [-0.15, -0.1) is 43.7 Å². The van der Waals surface area contributed by atoms with Gasteiger partial charge < -0.3 is 46.4 Å². The number of fused-ring (bicyclic) bond motifs is 4. The molecule has 16 aromatic rings. The lowest BCUT2D eigenvalue weighted by molar-refractivity contribution is -0.432. The summed E-state index contributed by atoms with van der Waals surface area (Å²) in [6.07, 6.45) is 0. The highest BCUT2D eigenvalue weighted by Crippen LogP contribution is 2.53. The Balaban J connectivity index is 0.000000174. The fourth-order valence-corrected chi connectivity index (χ4v) is 19.6. The van der Waals surface area contributed by atoms with E-state index >= 15 is 0 Å². The van der Waals surface area contributed by atoms with Crippen LogP contribution in [0.5, 0.6) is 17.2 Å². The van der Waals surface area contributed by atoms with Gasteiger partial charge >= 0.3 is 0 Å². The van der Waals surface area contributed by atoms with E-state index in [1.807, 2.05) is 93.6 Å². The topological polar surface area (TPSA) is 748 Å². The Morgan fingerprint density at radius 1 is 0.333 bits per heavy atom. The van der Waals surface area contributed by atoms with Crippen molar-refractivity contribution in [2.24, 2.45) is 30.7 Å². The van der Waals surface area contributed by atoms with E-state index in [-0.39, 0.29) is 155 Å². The Morgan fingerprint density at radius 3 is 1.01 bits per heavy atom. The van der Waals surface area contributed by atoms with Gasteiger partial charge in [0.2, 0.25) is 51.5 Å². The number of aryl methyl sites for hydroxylation is 1. The van der Waals surface area contributed by atoms with Gasteiger partial charge in [0, 0.05) is 51.7 Å². The van der Waals surface area contributed by atoms with Crippen LogP contribution in [-0.2, 0) is 88.8 Å². The quantitative estimate of drug-likeness (QED) is 0.00577. The molecule has 0 saturated heterocycles. The lowest BCUT2D eigenvalue weighted by atomic mass is 10.1. The summed E-state index contributed by atoms with van der Waals surface area (Å²) in [4.78, 5) is 37.3. The zero-order valence-corrected chi connectivity index (χ0v) is 83.5. The first-order valence-corrected chi connectivity index (χ1v) is 52.6. The molecule has 13 aromatic carbocycles. The summed E-state index contributed by atoms with van der Waals surface area (Å²) < 4.78 is 219. The van der Waals surface area contributed by atoms with Crippen LogP contribution >= 0.6 is 70.9 Å². The Morgan fingerprint density at radius 2 is 0.660 bits per heavy atom. The number of nitrogens with zero attached hydrogens (tertiary/aromatic N) is 17. The molecular formula is C84H66Cl3N21O30S9. The number of para-hydroxylation sites is 3. The number of azo groups is 3. The summed E-state index contributed by atoms with van der Waals surface area (Å²) in [5, 5.41) is 107.